The lowest BCUT2D eigenvalue weighted by Gasteiger charge is -2.26. The van der Waals surface area contributed by atoms with E-state index in [1.165, 1.54) is 4.57 Å². The van der Waals surface area contributed by atoms with Crippen LogP contribution in [0.3, 0.4) is 0 Å². The van der Waals surface area contributed by atoms with Gasteiger partial charge in [-0.2, -0.15) is 0 Å². The Morgan fingerprint density at radius 2 is 1.69 bits per heavy atom. The van der Waals surface area contributed by atoms with Crippen LogP contribution in [0.5, 0.6) is 17.2 Å². The summed E-state index contributed by atoms with van der Waals surface area (Å²) in [5.74, 6) is 2.21. The molecule has 0 fully saturated rings. The van der Waals surface area contributed by atoms with Crippen LogP contribution in [0.15, 0.2) is 82.4 Å². The van der Waals surface area contributed by atoms with Gasteiger partial charge in [0.15, 0.2) is 11.5 Å². The van der Waals surface area contributed by atoms with Crippen LogP contribution < -0.4 is 30.8 Å². The van der Waals surface area contributed by atoms with Gasteiger partial charge < -0.3 is 19.5 Å². The van der Waals surface area contributed by atoms with Gasteiger partial charge in [0.25, 0.3) is 5.56 Å². The van der Waals surface area contributed by atoms with E-state index in [1.807, 2.05) is 66.7 Å². The zero-order chi connectivity index (χ0) is 24.2. The van der Waals surface area contributed by atoms with Crippen LogP contribution in [0.2, 0.25) is 0 Å². The highest BCUT2D eigenvalue weighted by molar-refractivity contribution is 5.77. The van der Waals surface area contributed by atoms with E-state index < -0.39 is 0 Å². The number of fused-ring (bicyclic) bond motifs is 2. The van der Waals surface area contributed by atoms with Gasteiger partial charge in [-0.3, -0.25) is 13.9 Å². The molecule has 0 spiro atoms. The molecule has 0 saturated carbocycles. The lowest BCUT2D eigenvalue weighted by Crippen LogP contribution is -2.43. The van der Waals surface area contributed by atoms with Crippen molar-refractivity contribution in [2.75, 3.05) is 26.8 Å². The van der Waals surface area contributed by atoms with Crippen molar-refractivity contribution in [2.45, 2.75) is 19.2 Å². The number of hydrogen-bond acceptors (Lipinski definition) is 6. The standard InChI is InChI=1S/C27H27N3O5/c1-33-20-12-10-19(11-13-20)17-30-26(31)22-6-2-3-7-23(22)29(27(30)32)15-14-28-16-21-18-34-24-8-4-5-9-25(24)35-21/h2-13,21,28H,14-18H2,1H3/t21-/m0/s1. The van der Waals surface area contributed by atoms with Crippen LogP contribution in [0.1, 0.15) is 5.56 Å². The molecule has 4 aromatic rings. The predicted octanol–water partition coefficient (Wildman–Crippen LogP) is 2.65. The van der Waals surface area contributed by atoms with E-state index in [0.717, 1.165) is 22.8 Å². The van der Waals surface area contributed by atoms with Gasteiger partial charge in [-0.15, -0.1) is 0 Å². The first-order valence-electron chi connectivity index (χ1n) is 11.6. The van der Waals surface area contributed by atoms with E-state index in [9.17, 15) is 9.59 Å². The van der Waals surface area contributed by atoms with Gasteiger partial charge in [0, 0.05) is 19.6 Å². The highest BCUT2D eigenvalue weighted by atomic mass is 16.6. The SMILES string of the molecule is COc1ccc(Cn2c(=O)c3ccccc3n(CCNC[C@H]3COc4ccccc4O3)c2=O)cc1. The molecule has 1 aliphatic rings. The second kappa shape index (κ2) is 10.1. The van der Waals surface area contributed by atoms with Crippen molar-refractivity contribution in [2.24, 2.45) is 0 Å². The topological polar surface area (TPSA) is 83.7 Å². The summed E-state index contributed by atoms with van der Waals surface area (Å²) in [4.78, 5) is 26.5. The minimum atomic E-state index is -0.336. The minimum absolute atomic E-state index is 0.123. The molecular formula is C27H27N3O5. The summed E-state index contributed by atoms with van der Waals surface area (Å²) >= 11 is 0. The number of para-hydroxylation sites is 3. The van der Waals surface area contributed by atoms with Gasteiger partial charge in [0.1, 0.15) is 18.5 Å². The number of rotatable bonds is 8. The highest BCUT2D eigenvalue weighted by Crippen LogP contribution is 2.30. The van der Waals surface area contributed by atoms with Gasteiger partial charge in [0.2, 0.25) is 0 Å². The van der Waals surface area contributed by atoms with Crippen LogP contribution >= 0.6 is 0 Å². The summed E-state index contributed by atoms with van der Waals surface area (Å²) in [5.41, 5.74) is 0.843. The molecule has 1 atom stereocenters. The normalized spacial score (nSPS) is 14.7. The molecule has 3 aromatic carbocycles. The lowest BCUT2D eigenvalue weighted by atomic mass is 10.2. The van der Waals surface area contributed by atoms with Crippen LogP contribution in [0, 0.1) is 0 Å². The fourth-order valence-electron chi connectivity index (χ4n) is 4.26. The summed E-state index contributed by atoms with van der Waals surface area (Å²) in [5, 5.41) is 3.87. The number of benzene rings is 3. The second-order valence-corrected chi connectivity index (χ2v) is 8.39. The van der Waals surface area contributed by atoms with Crippen molar-refractivity contribution in [3.05, 3.63) is 99.2 Å². The highest BCUT2D eigenvalue weighted by Gasteiger charge is 2.20. The number of ether oxygens (including phenoxy) is 3. The zero-order valence-corrected chi connectivity index (χ0v) is 19.5. The summed E-state index contributed by atoms with van der Waals surface area (Å²) in [6.07, 6.45) is -0.123. The van der Waals surface area contributed by atoms with Crippen molar-refractivity contribution in [1.82, 2.24) is 14.5 Å². The van der Waals surface area contributed by atoms with Crippen molar-refractivity contribution in [1.29, 1.82) is 0 Å². The maximum absolute atomic E-state index is 13.4. The van der Waals surface area contributed by atoms with Crippen molar-refractivity contribution >= 4 is 10.9 Å². The molecule has 0 saturated heterocycles. The Balaban J connectivity index is 1.32. The lowest BCUT2D eigenvalue weighted by molar-refractivity contribution is 0.0904. The van der Waals surface area contributed by atoms with E-state index in [4.69, 9.17) is 14.2 Å². The molecule has 5 rings (SSSR count). The summed E-state index contributed by atoms with van der Waals surface area (Å²) in [7, 11) is 1.60. The van der Waals surface area contributed by atoms with Gasteiger partial charge in [-0.1, -0.05) is 36.4 Å². The monoisotopic (exact) mass is 473 g/mol. The maximum atomic E-state index is 13.4. The molecule has 0 aliphatic carbocycles. The molecule has 1 aromatic heterocycles. The second-order valence-electron chi connectivity index (χ2n) is 8.39. The first kappa shape index (κ1) is 22.7. The minimum Gasteiger partial charge on any atom is -0.497 e. The van der Waals surface area contributed by atoms with Gasteiger partial charge >= 0.3 is 5.69 Å². The molecule has 8 nitrogen and oxygen atoms in total. The number of hydrogen-bond donors (Lipinski definition) is 1. The Labute approximate surface area is 202 Å². The molecule has 8 heteroatoms. The molecular weight excluding hydrogens is 446 g/mol. The van der Waals surface area contributed by atoms with E-state index in [2.05, 4.69) is 5.32 Å². The predicted molar refractivity (Wildman–Crippen MR) is 134 cm³/mol. The summed E-state index contributed by atoms with van der Waals surface area (Å²) in [6.45, 7) is 2.16. The largest absolute Gasteiger partial charge is 0.497 e. The van der Waals surface area contributed by atoms with E-state index in [1.54, 1.807) is 17.7 Å². The third-order valence-corrected chi connectivity index (χ3v) is 6.08. The molecule has 1 N–H and O–H groups in total. The Bertz CT molecular complexity index is 1440. The molecule has 0 radical (unpaired) electrons. The molecule has 0 amide bonds. The summed E-state index contributed by atoms with van der Waals surface area (Å²) in [6, 6.07) is 22.2. The third-order valence-electron chi connectivity index (χ3n) is 6.08. The molecule has 35 heavy (non-hydrogen) atoms. The number of nitrogens with zero attached hydrogens (tertiary/aromatic N) is 2. The average Bonchev–Trinajstić information content (AvgIpc) is 2.91. The summed E-state index contributed by atoms with van der Waals surface area (Å²) < 4.78 is 19.9. The average molecular weight is 474 g/mol. The molecule has 2 heterocycles. The van der Waals surface area contributed by atoms with E-state index >= 15 is 0 Å². The third kappa shape index (κ3) is 4.79. The zero-order valence-electron chi connectivity index (χ0n) is 19.5. The molecule has 0 unspecified atom stereocenters. The number of methoxy groups -OCH3 is 1. The fraction of sp³-hybridized carbons (Fsp3) is 0.259. The Morgan fingerprint density at radius 1 is 0.943 bits per heavy atom. The Hall–Kier alpha value is -4.04. The maximum Gasteiger partial charge on any atom is 0.331 e. The van der Waals surface area contributed by atoms with Crippen molar-refractivity contribution < 1.29 is 14.2 Å². The van der Waals surface area contributed by atoms with Crippen molar-refractivity contribution in [3.63, 3.8) is 0 Å². The number of nitrogens with one attached hydrogen (secondary N) is 1. The van der Waals surface area contributed by atoms with Crippen LogP contribution in [0.25, 0.3) is 10.9 Å². The quantitative estimate of drug-likeness (QED) is 0.396. The van der Waals surface area contributed by atoms with Crippen LogP contribution in [-0.2, 0) is 13.1 Å². The van der Waals surface area contributed by atoms with Gasteiger partial charge in [0.05, 0.1) is 24.6 Å². The molecule has 1 aliphatic heterocycles. The Kier molecular flexibility index (Phi) is 6.54. The molecule has 180 valence electrons. The van der Waals surface area contributed by atoms with Gasteiger partial charge in [-0.25, -0.2) is 4.79 Å². The first-order valence-corrected chi connectivity index (χ1v) is 11.6. The van der Waals surface area contributed by atoms with E-state index in [-0.39, 0.29) is 23.9 Å². The van der Waals surface area contributed by atoms with Crippen LogP contribution in [-0.4, -0.2) is 42.0 Å². The van der Waals surface area contributed by atoms with Gasteiger partial charge in [-0.05, 0) is 42.0 Å². The Morgan fingerprint density at radius 3 is 2.49 bits per heavy atom. The van der Waals surface area contributed by atoms with Crippen molar-refractivity contribution in [3.8, 4) is 17.2 Å². The van der Waals surface area contributed by atoms with E-state index in [0.29, 0.717) is 37.1 Å². The van der Waals surface area contributed by atoms with Crippen LogP contribution in [0.4, 0.5) is 0 Å². The fourth-order valence-corrected chi connectivity index (χ4v) is 4.26. The molecule has 0 bridgehead atoms. The smallest absolute Gasteiger partial charge is 0.331 e. The number of aromatic nitrogens is 2. The first-order chi connectivity index (χ1) is 17.1.